The maximum absolute atomic E-state index is 12.7. The maximum Gasteiger partial charge on any atom is 0.387 e. The number of benzene rings is 2. The lowest BCUT2D eigenvalue weighted by atomic mass is 10.1. The Hall–Kier alpha value is -2.98. The van der Waals surface area contributed by atoms with Gasteiger partial charge in [0.05, 0.1) is 10.6 Å². The summed E-state index contributed by atoms with van der Waals surface area (Å²) in [7, 11) is -3.63. The molecule has 1 aliphatic heterocycles. The topological polar surface area (TPSA) is 87.7 Å². The van der Waals surface area contributed by atoms with Gasteiger partial charge in [-0.2, -0.15) is 13.1 Å². The van der Waals surface area contributed by atoms with Crippen molar-refractivity contribution in [2.24, 2.45) is 0 Å². The minimum absolute atomic E-state index is 0.0225. The van der Waals surface area contributed by atoms with Gasteiger partial charge in [-0.25, -0.2) is 8.42 Å². The first kappa shape index (κ1) is 22.7. The quantitative estimate of drug-likeness (QED) is 0.601. The van der Waals surface area contributed by atoms with E-state index < -0.39 is 22.5 Å². The first-order valence-electron chi connectivity index (χ1n) is 9.69. The Morgan fingerprint density at radius 1 is 1.06 bits per heavy atom. The zero-order valence-electron chi connectivity index (χ0n) is 16.8. The lowest BCUT2D eigenvalue weighted by Gasteiger charge is -2.16. The molecule has 2 N–H and O–H groups in total. The maximum atomic E-state index is 12.7. The fraction of sp³-hybridized carbons (Fsp3) is 0.286. The Morgan fingerprint density at radius 3 is 2.35 bits per heavy atom. The zero-order chi connectivity index (χ0) is 22.4. The molecule has 1 amide bonds. The number of carbonyl (C=O) groups excluding carboxylic acids is 1. The Balaban J connectivity index is 1.67. The van der Waals surface area contributed by atoms with Crippen LogP contribution in [0.3, 0.4) is 0 Å². The molecule has 0 spiro atoms. The molecule has 1 heterocycles. The molecule has 7 nitrogen and oxygen atoms in total. The van der Waals surface area contributed by atoms with E-state index in [4.69, 9.17) is 0 Å². The summed E-state index contributed by atoms with van der Waals surface area (Å²) in [4.78, 5) is 12.6. The largest absolute Gasteiger partial charge is 0.435 e. The van der Waals surface area contributed by atoms with Gasteiger partial charge in [-0.15, -0.1) is 0 Å². The number of rotatable bonds is 8. The molecule has 0 saturated carbocycles. The van der Waals surface area contributed by atoms with E-state index in [1.165, 1.54) is 40.7 Å². The third kappa shape index (κ3) is 5.59. The van der Waals surface area contributed by atoms with E-state index in [9.17, 15) is 22.0 Å². The van der Waals surface area contributed by atoms with Crippen molar-refractivity contribution in [1.29, 1.82) is 0 Å². The van der Waals surface area contributed by atoms with Crippen molar-refractivity contribution in [3.8, 4) is 5.75 Å². The highest BCUT2D eigenvalue weighted by Gasteiger charge is 2.27. The molecule has 3 rings (SSSR count). The standard InChI is InChI=1S/C21H23F2N3O4S/c1-2-19(15-8-10-17(11-9-15)30-21(22)23)24-25-20(27)16-6-5-7-18(14-16)31(28,29)26-12-3-4-13-26/h2,5-11,14,21,24H,3-4,12-13H2,1H3,(H,25,27)/b19-2-. The molecule has 0 bridgehead atoms. The predicted octanol–water partition coefficient (Wildman–Crippen LogP) is 3.37. The number of sulfonamides is 1. The second-order valence-corrected chi connectivity index (χ2v) is 8.76. The van der Waals surface area contributed by atoms with E-state index >= 15 is 0 Å². The molecule has 0 aromatic heterocycles. The minimum atomic E-state index is -3.63. The summed E-state index contributed by atoms with van der Waals surface area (Å²) in [6.45, 7) is -0.214. The Bertz CT molecular complexity index is 1050. The monoisotopic (exact) mass is 451 g/mol. The van der Waals surface area contributed by atoms with E-state index in [0.29, 0.717) is 24.4 Å². The molecule has 2 aromatic rings. The first-order valence-corrected chi connectivity index (χ1v) is 11.1. The number of hydrogen-bond acceptors (Lipinski definition) is 5. The van der Waals surface area contributed by atoms with Crippen LogP contribution in [0.4, 0.5) is 8.78 Å². The summed E-state index contributed by atoms with van der Waals surface area (Å²) in [6.07, 6.45) is 3.34. The summed E-state index contributed by atoms with van der Waals surface area (Å²) in [5.41, 5.74) is 6.64. The average molecular weight is 451 g/mol. The van der Waals surface area contributed by atoms with Gasteiger partial charge in [-0.3, -0.25) is 15.6 Å². The Morgan fingerprint density at radius 2 is 1.74 bits per heavy atom. The van der Waals surface area contributed by atoms with Crippen LogP contribution in [0.25, 0.3) is 5.70 Å². The normalized spacial score (nSPS) is 15.2. The molecule has 1 aliphatic rings. The molecule has 31 heavy (non-hydrogen) atoms. The summed E-state index contributed by atoms with van der Waals surface area (Å²) in [6, 6.07) is 11.8. The van der Waals surface area contributed by atoms with Crippen molar-refractivity contribution in [2.75, 3.05) is 13.1 Å². The highest BCUT2D eigenvalue weighted by Crippen LogP contribution is 2.22. The predicted molar refractivity (Wildman–Crippen MR) is 112 cm³/mol. The van der Waals surface area contributed by atoms with E-state index in [0.717, 1.165) is 12.8 Å². The number of hydrogen-bond donors (Lipinski definition) is 2. The fourth-order valence-electron chi connectivity index (χ4n) is 3.20. The number of ether oxygens (including phenoxy) is 1. The van der Waals surface area contributed by atoms with E-state index in [-0.39, 0.29) is 16.2 Å². The molecular weight excluding hydrogens is 428 g/mol. The molecule has 0 unspecified atom stereocenters. The SMILES string of the molecule is C/C=C(\NNC(=O)c1cccc(S(=O)(=O)N2CCCC2)c1)c1ccc(OC(F)F)cc1. The van der Waals surface area contributed by atoms with Gasteiger partial charge in [0.1, 0.15) is 5.75 Å². The summed E-state index contributed by atoms with van der Waals surface area (Å²) in [5.74, 6) is -0.496. The van der Waals surface area contributed by atoms with Crippen molar-refractivity contribution in [1.82, 2.24) is 15.2 Å². The van der Waals surface area contributed by atoms with E-state index in [1.54, 1.807) is 25.1 Å². The van der Waals surface area contributed by atoms with Gasteiger partial charge >= 0.3 is 6.61 Å². The number of nitrogens with one attached hydrogen (secondary N) is 2. The van der Waals surface area contributed by atoms with Crippen LogP contribution in [0, 0.1) is 0 Å². The van der Waals surface area contributed by atoms with Crippen molar-refractivity contribution >= 4 is 21.6 Å². The van der Waals surface area contributed by atoms with Crippen molar-refractivity contribution in [3.63, 3.8) is 0 Å². The smallest absolute Gasteiger partial charge is 0.387 e. The second-order valence-electron chi connectivity index (χ2n) is 6.82. The highest BCUT2D eigenvalue weighted by atomic mass is 32.2. The van der Waals surface area contributed by atoms with Crippen LogP contribution >= 0.6 is 0 Å². The van der Waals surface area contributed by atoms with Gasteiger partial charge in [0, 0.05) is 18.7 Å². The number of nitrogens with zero attached hydrogens (tertiary/aromatic N) is 1. The van der Waals surface area contributed by atoms with Gasteiger partial charge < -0.3 is 4.74 Å². The zero-order valence-corrected chi connectivity index (χ0v) is 17.7. The Kier molecular flexibility index (Phi) is 7.24. The van der Waals surface area contributed by atoms with Gasteiger partial charge in [0.15, 0.2) is 0 Å². The molecule has 166 valence electrons. The van der Waals surface area contributed by atoms with Gasteiger partial charge in [0.2, 0.25) is 10.0 Å². The number of allylic oxidation sites excluding steroid dienone is 1. The highest BCUT2D eigenvalue weighted by molar-refractivity contribution is 7.89. The van der Waals surface area contributed by atoms with Crippen molar-refractivity contribution < 1.29 is 26.7 Å². The summed E-state index contributed by atoms with van der Waals surface area (Å²) >= 11 is 0. The molecule has 1 saturated heterocycles. The Labute approximate surface area is 179 Å². The third-order valence-corrected chi connectivity index (χ3v) is 6.68. The van der Waals surface area contributed by atoms with Crippen LogP contribution in [0.5, 0.6) is 5.75 Å². The van der Waals surface area contributed by atoms with Gasteiger partial charge in [0.25, 0.3) is 5.91 Å². The van der Waals surface area contributed by atoms with Crippen molar-refractivity contribution in [2.45, 2.75) is 31.3 Å². The number of halogens is 2. The van der Waals surface area contributed by atoms with E-state index in [2.05, 4.69) is 15.6 Å². The second kappa shape index (κ2) is 9.88. The van der Waals surface area contributed by atoms with E-state index in [1.807, 2.05) is 0 Å². The summed E-state index contributed by atoms with van der Waals surface area (Å²) < 4.78 is 55.7. The molecule has 0 aliphatic carbocycles. The minimum Gasteiger partial charge on any atom is -0.435 e. The van der Waals surface area contributed by atoms with Crippen LogP contribution < -0.4 is 15.6 Å². The van der Waals surface area contributed by atoms with Gasteiger partial charge in [-0.1, -0.05) is 12.1 Å². The number of hydrazine groups is 1. The molecule has 1 fully saturated rings. The summed E-state index contributed by atoms with van der Waals surface area (Å²) in [5, 5.41) is 0. The lowest BCUT2D eigenvalue weighted by molar-refractivity contribution is -0.0498. The van der Waals surface area contributed by atoms with Crippen LogP contribution in [0.1, 0.15) is 35.7 Å². The fourth-order valence-corrected chi connectivity index (χ4v) is 4.76. The van der Waals surface area contributed by atoms with Crippen molar-refractivity contribution in [3.05, 3.63) is 65.7 Å². The van der Waals surface area contributed by atoms with Crippen LogP contribution in [0.15, 0.2) is 59.5 Å². The molecule has 2 aromatic carbocycles. The lowest BCUT2D eigenvalue weighted by Crippen LogP contribution is -2.36. The molecular formula is C21H23F2N3O4S. The van der Waals surface area contributed by atoms with Crippen LogP contribution in [0.2, 0.25) is 0 Å². The van der Waals surface area contributed by atoms with Gasteiger partial charge in [-0.05, 0) is 67.8 Å². The molecule has 10 heteroatoms. The third-order valence-electron chi connectivity index (χ3n) is 4.79. The number of amides is 1. The average Bonchev–Trinajstić information content (AvgIpc) is 3.31. The number of carbonyl (C=O) groups is 1. The first-order chi connectivity index (χ1) is 14.8. The molecule has 0 atom stereocenters. The molecule has 0 radical (unpaired) electrons. The van der Waals surface area contributed by atoms with Crippen LogP contribution in [-0.4, -0.2) is 38.3 Å². The van der Waals surface area contributed by atoms with Crippen LogP contribution in [-0.2, 0) is 10.0 Å². The number of alkyl halides is 2.